The largest absolute Gasteiger partial charge is 0.310 e. The molecule has 5 heteroatoms. The van der Waals surface area contributed by atoms with Crippen LogP contribution in [0.2, 0.25) is 0 Å². The third-order valence-corrected chi connectivity index (χ3v) is 6.14. The van der Waals surface area contributed by atoms with Gasteiger partial charge in [-0.1, -0.05) is 24.3 Å². The Kier molecular flexibility index (Phi) is 3.41. The van der Waals surface area contributed by atoms with Gasteiger partial charge in [-0.05, 0) is 35.9 Å². The summed E-state index contributed by atoms with van der Waals surface area (Å²) in [7, 11) is 0. The first kappa shape index (κ1) is 14.8. The highest BCUT2D eigenvalue weighted by molar-refractivity contribution is 7.10. The second-order valence-corrected chi connectivity index (χ2v) is 7.58. The summed E-state index contributed by atoms with van der Waals surface area (Å²) in [5, 5.41) is 2.07. The maximum Gasteiger partial charge on any atom is 0.230 e. The van der Waals surface area contributed by atoms with Crippen LogP contribution in [0.25, 0.3) is 0 Å². The van der Waals surface area contributed by atoms with Crippen molar-refractivity contribution in [2.75, 3.05) is 11.4 Å². The second-order valence-electron chi connectivity index (χ2n) is 6.60. The zero-order valence-corrected chi connectivity index (χ0v) is 14.5. The molecule has 3 heterocycles. The normalized spacial score (nSPS) is 19.0. The first-order valence-electron chi connectivity index (χ1n) is 8.57. The summed E-state index contributed by atoms with van der Waals surface area (Å²) in [4.78, 5) is 25.3. The number of carbonyl (C=O) groups is 1. The quantitative estimate of drug-likeness (QED) is 0.699. The summed E-state index contributed by atoms with van der Waals surface area (Å²) < 4.78 is 0. The van der Waals surface area contributed by atoms with Gasteiger partial charge in [-0.25, -0.2) is 9.97 Å². The van der Waals surface area contributed by atoms with Crippen LogP contribution in [0.3, 0.4) is 0 Å². The Balaban J connectivity index is 1.52. The van der Waals surface area contributed by atoms with Crippen molar-refractivity contribution in [3.63, 3.8) is 0 Å². The number of ketones is 1. The van der Waals surface area contributed by atoms with Crippen LogP contribution in [-0.4, -0.2) is 22.3 Å². The number of benzene rings is 1. The maximum absolute atomic E-state index is 12.5. The minimum absolute atomic E-state index is 0.160. The molecule has 25 heavy (non-hydrogen) atoms. The van der Waals surface area contributed by atoms with E-state index >= 15 is 0 Å². The first-order chi connectivity index (χ1) is 12.3. The molecule has 1 aromatic carbocycles. The molecule has 1 atom stereocenters. The van der Waals surface area contributed by atoms with E-state index in [1.165, 1.54) is 16.1 Å². The van der Waals surface area contributed by atoms with Crippen molar-refractivity contribution in [3.8, 4) is 0 Å². The van der Waals surface area contributed by atoms with E-state index in [2.05, 4.69) is 39.5 Å². The number of anilines is 2. The zero-order valence-electron chi connectivity index (χ0n) is 13.7. The van der Waals surface area contributed by atoms with E-state index in [9.17, 15) is 4.79 Å². The fourth-order valence-electron chi connectivity index (χ4n) is 3.84. The summed E-state index contributed by atoms with van der Waals surface area (Å²) in [6.07, 6.45) is 4.11. The van der Waals surface area contributed by atoms with Gasteiger partial charge in [0.15, 0.2) is 5.78 Å². The minimum atomic E-state index is 0.160. The van der Waals surface area contributed by atoms with Crippen LogP contribution in [0.15, 0.2) is 48.0 Å². The molecule has 4 nitrogen and oxygen atoms in total. The number of nitrogens with zero attached hydrogens (tertiary/aromatic N) is 3. The third-order valence-electron chi connectivity index (χ3n) is 5.10. The number of fused-ring (bicyclic) bond motifs is 2. The van der Waals surface area contributed by atoms with Crippen LogP contribution in [0.4, 0.5) is 11.6 Å². The van der Waals surface area contributed by atoms with Gasteiger partial charge in [0, 0.05) is 35.6 Å². The van der Waals surface area contributed by atoms with Gasteiger partial charge in [0.1, 0.15) is 0 Å². The second kappa shape index (κ2) is 5.77. The predicted octanol–water partition coefficient (Wildman–Crippen LogP) is 4.15. The van der Waals surface area contributed by atoms with Crippen molar-refractivity contribution in [1.29, 1.82) is 0 Å². The van der Waals surface area contributed by atoms with E-state index in [0.717, 1.165) is 25.1 Å². The lowest BCUT2D eigenvalue weighted by atomic mass is 9.86. The lowest BCUT2D eigenvalue weighted by Crippen LogP contribution is -2.23. The van der Waals surface area contributed by atoms with Gasteiger partial charge in [0.05, 0.1) is 11.3 Å². The summed E-state index contributed by atoms with van der Waals surface area (Å²) in [6, 6.07) is 12.6. The number of hydrogen-bond donors (Lipinski definition) is 0. The van der Waals surface area contributed by atoms with E-state index in [4.69, 9.17) is 4.98 Å². The molecule has 124 valence electrons. The summed E-state index contributed by atoms with van der Waals surface area (Å²) in [5.41, 5.74) is 4.10. The third kappa shape index (κ3) is 2.46. The Labute approximate surface area is 150 Å². The van der Waals surface area contributed by atoms with Crippen LogP contribution in [0, 0.1) is 0 Å². The van der Waals surface area contributed by atoms with Gasteiger partial charge in [0.2, 0.25) is 5.95 Å². The van der Waals surface area contributed by atoms with Crippen molar-refractivity contribution < 1.29 is 4.79 Å². The molecule has 0 bridgehead atoms. The highest BCUT2D eigenvalue weighted by Gasteiger charge is 2.30. The summed E-state index contributed by atoms with van der Waals surface area (Å²) in [6.45, 7) is 0.889. The molecule has 0 N–H and O–H groups in total. The highest BCUT2D eigenvalue weighted by atomic mass is 32.1. The van der Waals surface area contributed by atoms with Crippen molar-refractivity contribution >= 4 is 28.8 Å². The molecular formula is C20H17N3OS. The molecule has 1 aliphatic carbocycles. The number of thiophene rings is 1. The van der Waals surface area contributed by atoms with Gasteiger partial charge in [-0.15, -0.1) is 11.3 Å². The number of carbonyl (C=O) groups excluding carboxylic acids is 1. The van der Waals surface area contributed by atoms with E-state index in [0.29, 0.717) is 17.9 Å². The van der Waals surface area contributed by atoms with Gasteiger partial charge >= 0.3 is 0 Å². The SMILES string of the molecule is O=C1C[C@@H](c2cccs2)Cc2nc(N3CCc4ccccc43)ncc21. The van der Waals surface area contributed by atoms with Crippen LogP contribution < -0.4 is 4.90 Å². The van der Waals surface area contributed by atoms with Crippen LogP contribution >= 0.6 is 11.3 Å². The minimum Gasteiger partial charge on any atom is -0.310 e. The number of Topliss-reactive ketones (excluding diaryl/α,β-unsaturated/α-hetero) is 1. The molecule has 0 spiro atoms. The van der Waals surface area contributed by atoms with Crippen molar-refractivity contribution in [2.45, 2.75) is 25.2 Å². The van der Waals surface area contributed by atoms with Crippen molar-refractivity contribution in [2.24, 2.45) is 0 Å². The summed E-state index contributed by atoms with van der Waals surface area (Å²) in [5.74, 6) is 1.12. The number of hydrogen-bond acceptors (Lipinski definition) is 5. The molecule has 1 aliphatic heterocycles. The highest BCUT2D eigenvalue weighted by Crippen LogP contribution is 2.36. The lowest BCUT2D eigenvalue weighted by Gasteiger charge is -2.24. The van der Waals surface area contributed by atoms with Crippen LogP contribution in [0.5, 0.6) is 0 Å². The molecule has 2 aliphatic rings. The van der Waals surface area contributed by atoms with Gasteiger partial charge in [-0.3, -0.25) is 4.79 Å². The Morgan fingerprint density at radius 2 is 2.04 bits per heavy atom. The van der Waals surface area contributed by atoms with E-state index in [1.807, 2.05) is 12.1 Å². The molecule has 0 amide bonds. The Hall–Kier alpha value is -2.53. The fourth-order valence-corrected chi connectivity index (χ4v) is 4.67. The van der Waals surface area contributed by atoms with Gasteiger partial charge < -0.3 is 4.90 Å². The molecule has 0 unspecified atom stereocenters. The number of rotatable bonds is 2. The zero-order chi connectivity index (χ0) is 16.8. The molecule has 0 radical (unpaired) electrons. The topological polar surface area (TPSA) is 46.1 Å². The smallest absolute Gasteiger partial charge is 0.230 e. The van der Waals surface area contributed by atoms with Crippen molar-refractivity contribution in [3.05, 3.63) is 69.7 Å². The Morgan fingerprint density at radius 1 is 1.12 bits per heavy atom. The van der Waals surface area contributed by atoms with E-state index < -0.39 is 0 Å². The lowest BCUT2D eigenvalue weighted by molar-refractivity contribution is 0.0963. The molecule has 2 aromatic heterocycles. The predicted molar refractivity (Wildman–Crippen MR) is 98.9 cm³/mol. The van der Waals surface area contributed by atoms with E-state index in [-0.39, 0.29) is 11.7 Å². The molecule has 0 saturated carbocycles. The Morgan fingerprint density at radius 3 is 2.92 bits per heavy atom. The molecule has 3 aromatic rings. The summed E-state index contributed by atoms with van der Waals surface area (Å²) >= 11 is 1.72. The molecule has 0 saturated heterocycles. The first-order valence-corrected chi connectivity index (χ1v) is 9.45. The Bertz CT molecular complexity index is 951. The fraction of sp³-hybridized carbons (Fsp3) is 0.250. The van der Waals surface area contributed by atoms with E-state index in [1.54, 1.807) is 17.5 Å². The maximum atomic E-state index is 12.5. The van der Waals surface area contributed by atoms with Crippen molar-refractivity contribution in [1.82, 2.24) is 9.97 Å². The standard InChI is InChI=1S/C20H17N3OS/c24-18-11-14(19-6-3-9-25-19)10-16-15(18)12-21-20(22-16)23-8-7-13-4-1-2-5-17(13)23/h1-6,9,12,14H,7-8,10-11H2/t14-/m0/s1. The van der Waals surface area contributed by atoms with Crippen LogP contribution in [-0.2, 0) is 12.8 Å². The van der Waals surface area contributed by atoms with Crippen LogP contribution in [0.1, 0.15) is 38.8 Å². The monoisotopic (exact) mass is 347 g/mol. The van der Waals surface area contributed by atoms with Gasteiger partial charge in [-0.2, -0.15) is 0 Å². The average molecular weight is 347 g/mol. The number of para-hydroxylation sites is 1. The number of aromatic nitrogens is 2. The molecular weight excluding hydrogens is 330 g/mol. The molecule has 0 fully saturated rings. The van der Waals surface area contributed by atoms with Gasteiger partial charge in [0.25, 0.3) is 0 Å². The molecule has 5 rings (SSSR count). The average Bonchev–Trinajstić information content (AvgIpc) is 3.31.